The van der Waals surface area contributed by atoms with E-state index < -0.39 is 0 Å². The minimum Gasteiger partial charge on any atom is -0.329 e. The SMILES string of the molecule is CCCCN(C(=O)C1(CN)CC(C)C1)c1ccccc1. The third kappa shape index (κ3) is 2.88. The van der Waals surface area contributed by atoms with Crippen LogP contribution in [0.2, 0.25) is 0 Å². The average Bonchev–Trinajstić information content (AvgIpc) is 2.45. The van der Waals surface area contributed by atoms with Crippen molar-refractivity contribution in [1.29, 1.82) is 0 Å². The first-order valence-electron chi connectivity index (χ1n) is 7.70. The predicted octanol–water partition coefficient (Wildman–Crippen LogP) is 3.19. The molecule has 0 spiro atoms. The molecule has 0 unspecified atom stereocenters. The third-order valence-electron chi connectivity index (χ3n) is 4.37. The Labute approximate surface area is 122 Å². The zero-order valence-corrected chi connectivity index (χ0v) is 12.6. The average molecular weight is 274 g/mol. The van der Waals surface area contributed by atoms with Crippen LogP contribution in [0.3, 0.4) is 0 Å². The number of anilines is 1. The smallest absolute Gasteiger partial charge is 0.234 e. The van der Waals surface area contributed by atoms with E-state index in [9.17, 15) is 4.79 Å². The lowest BCUT2D eigenvalue weighted by Gasteiger charge is -2.46. The van der Waals surface area contributed by atoms with E-state index in [0.29, 0.717) is 12.5 Å². The van der Waals surface area contributed by atoms with E-state index in [1.807, 2.05) is 35.2 Å². The molecule has 0 radical (unpaired) electrons. The Kier molecular flexibility index (Phi) is 4.81. The number of nitrogens with two attached hydrogens (primary N) is 1. The van der Waals surface area contributed by atoms with Crippen LogP contribution in [-0.4, -0.2) is 19.0 Å². The Bertz CT molecular complexity index is 438. The zero-order valence-electron chi connectivity index (χ0n) is 12.6. The number of benzene rings is 1. The number of carbonyl (C=O) groups is 1. The molecule has 1 aliphatic carbocycles. The number of carbonyl (C=O) groups excluding carboxylic acids is 1. The first-order chi connectivity index (χ1) is 9.63. The van der Waals surface area contributed by atoms with Gasteiger partial charge in [0.1, 0.15) is 0 Å². The molecule has 2 rings (SSSR count). The summed E-state index contributed by atoms with van der Waals surface area (Å²) in [6.45, 7) is 5.60. The Balaban J connectivity index is 2.20. The van der Waals surface area contributed by atoms with Gasteiger partial charge in [0.15, 0.2) is 0 Å². The van der Waals surface area contributed by atoms with Crippen LogP contribution < -0.4 is 10.6 Å². The molecule has 2 N–H and O–H groups in total. The fraction of sp³-hybridized carbons (Fsp3) is 0.588. The van der Waals surface area contributed by atoms with Crippen LogP contribution in [-0.2, 0) is 4.79 Å². The first-order valence-corrected chi connectivity index (χ1v) is 7.70. The maximum atomic E-state index is 13.0. The van der Waals surface area contributed by atoms with Crippen molar-refractivity contribution >= 4 is 11.6 Å². The number of para-hydroxylation sites is 1. The molecule has 0 saturated heterocycles. The highest BCUT2D eigenvalue weighted by Gasteiger charge is 2.49. The molecule has 0 atom stereocenters. The van der Waals surface area contributed by atoms with Gasteiger partial charge in [0.25, 0.3) is 0 Å². The predicted molar refractivity (Wildman–Crippen MR) is 83.6 cm³/mol. The van der Waals surface area contributed by atoms with Gasteiger partial charge in [-0.25, -0.2) is 0 Å². The minimum atomic E-state index is -0.316. The van der Waals surface area contributed by atoms with Gasteiger partial charge in [0, 0.05) is 18.8 Å². The Morgan fingerprint density at radius 2 is 2.00 bits per heavy atom. The van der Waals surface area contributed by atoms with Crippen molar-refractivity contribution in [3.8, 4) is 0 Å². The highest BCUT2D eigenvalue weighted by atomic mass is 16.2. The van der Waals surface area contributed by atoms with Crippen molar-refractivity contribution in [2.45, 2.75) is 39.5 Å². The van der Waals surface area contributed by atoms with Crippen molar-refractivity contribution in [3.63, 3.8) is 0 Å². The molecule has 0 aliphatic heterocycles. The Morgan fingerprint density at radius 1 is 1.35 bits per heavy atom. The van der Waals surface area contributed by atoms with Gasteiger partial charge < -0.3 is 10.6 Å². The molecule has 1 amide bonds. The molecule has 3 heteroatoms. The van der Waals surface area contributed by atoms with Crippen molar-refractivity contribution in [1.82, 2.24) is 0 Å². The van der Waals surface area contributed by atoms with Crippen LogP contribution in [0.5, 0.6) is 0 Å². The quantitative estimate of drug-likeness (QED) is 0.866. The van der Waals surface area contributed by atoms with Crippen LogP contribution in [0.4, 0.5) is 5.69 Å². The fourth-order valence-corrected chi connectivity index (χ4v) is 3.26. The Morgan fingerprint density at radius 3 is 2.50 bits per heavy atom. The highest BCUT2D eigenvalue weighted by molar-refractivity contribution is 5.98. The Hall–Kier alpha value is -1.35. The lowest BCUT2D eigenvalue weighted by atomic mass is 9.61. The zero-order chi connectivity index (χ0) is 14.6. The van der Waals surface area contributed by atoms with E-state index in [1.165, 1.54) is 0 Å². The van der Waals surface area contributed by atoms with Gasteiger partial charge in [-0.2, -0.15) is 0 Å². The number of nitrogens with zero attached hydrogens (tertiary/aromatic N) is 1. The molecule has 0 aromatic heterocycles. The van der Waals surface area contributed by atoms with Gasteiger partial charge in [-0.3, -0.25) is 4.79 Å². The van der Waals surface area contributed by atoms with Crippen LogP contribution >= 0.6 is 0 Å². The lowest BCUT2D eigenvalue weighted by molar-refractivity contribution is -0.135. The molecule has 3 nitrogen and oxygen atoms in total. The minimum absolute atomic E-state index is 0.220. The molecule has 0 bridgehead atoms. The number of amides is 1. The molecule has 20 heavy (non-hydrogen) atoms. The summed E-state index contributed by atoms with van der Waals surface area (Å²) in [4.78, 5) is 14.9. The normalized spacial score (nSPS) is 25.1. The second kappa shape index (κ2) is 6.40. The number of unbranched alkanes of at least 4 members (excludes halogenated alkanes) is 1. The number of rotatable bonds is 6. The molecule has 1 aromatic rings. The summed E-state index contributed by atoms with van der Waals surface area (Å²) in [6.07, 6.45) is 3.97. The summed E-state index contributed by atoms with van der Waals surface area (Å²) in [5.41, 5.74) is 6.61. The van der Waals surface area contributed by atoms with Crippen LogP contribution in [0.25, 0.3) is 0 Å². The van der Waals surface area contributed by atoms with E-state index in [1.54, 1.807) is 0 Å². The monoisotopic (exact) mass is 274 g/mol. The van der Waals surface area contributed by atoms with Crippen molar-refractivity contribution in [2.24, 2.45) is 17.1 Å². The summed E-state index contributed by atoms with van der Waals surface area (Å²) in [7, 11) is 0. The van der Waals surface area contributed by atoms with Crippen LogP contribution in [0.1, 0.15) is 39.5 Å². The van der Waals surface area contributed by atoms with Crippen molar-refractivity contribution < 1.29 is 4.79 Å². The van der Waals surface area contributed by atoms with E-state index in [4.69, 9.17) is 5.73 Å². The van der Waals surface area contributed by atoms with E-state index in [2.05, 4.69) is 13.8 Å². The van der Waals surface area contributed by atoms with E-state index in [0.717, 1.165) is 37.9 Å². The lowest BCUT2D eigenvalue weighted by Crippen LogP contribution is -2.55. The van der Waals surface area contributed by atoms with E-state index >= 15 is 0 Å². The van der Waals surface area contributed by atoms with Gasteiger partial charge in [0.05, 0.1) is 5.41 Å². The van der Waals surface area contributed by atoms with Crippen molar-refractivity contribution in [2.75, 3.05) is 18.0 Å². The second-order valence-corrected chi connectivity index (χ2v) is 6.14. The van der Waals surface area contributed by atoms with E-state index in [-0.39, 0.29) is 11.3 Å². The first kappa shape index (κ1) is 15.0. The second-order valence-electron chi connectivity index (χ2n) is 6.14. The molecule has 110 valence electrons. The summed E-state index contributed by atoms with van der Waals surface area (Å²) in [5, 5.41) is 0. The topological polar surface area (TPSA) is 46.3 Å². The molecule has 1 aromatic carbocycles. The maximum Gasteiger partial charge on any atom is 0.234 e. The molecule has 0 heterocycles. The largest absolute Gasteiger partial charge is 0.329 e. The maximum absolute atomic E-state index is 13.0. The van der Waals surface area contributed by atoms with Crippen LogP contribution in [0, 0.1) is 11.3 Å². The summed E-state index contributed by atoms with van der Waals surface area (Å²) < 4.78 is 0. The molecule has 1 aliphatic rings. The third-order valence-corrected chi connectivity index (χ3v) is 4.37. The molecule has 1 saturated carbocycles. The summed E-state index contributed by atoms with van der Waals surface area (Å²) in [6, 6.07) is 9.98. The molecular weight excluding hydrogens is 248 g/mol. The van der Waals surface area contributed by atoms with Gasteiger partial charge >= 0.3 is 0 Å². The standard InChI is InChI=1S/C17H26N2O/c1-3-4-10-19(15-8-6-5-7-9-15)16(20)17(13-18)11-14(2)12-17/h5-9,14H,3-4,10-13,18H2,1-2H3. The summed E-state index contributed by atoms with van der Waals surface area (Å²) >= 11 is 0. The fourth-order valence-electron chi connectivity index (χ4n) is 3.26. The molecular formula is C17H26N2O. The van der Waals surface area contributed by atoms with Gasteiger partial charge in [-0.15, -0.1) is 0 Å². The van der Waals surface area contributed by atoms with Gasteiger partial charge in [-0.1, -0.05) is 38.5 Å². The number of hydrogen-bond acceptors (Lipinski definition) is 2. The highest BCUT2D eigenvalue weighted by Crippen LogP contribution is 2.46. The van der Waals surface area contributed by atoms with Crippen LogP contribution in [0.15, 0.2) is 30.3 Å². The molecule has 1 fully saturated rings. The van der Waals surface area contributed by atoms with Gasteiger partial charge in [0.2, 0.25) is 5.91 Å². The number of hydrogen-bond donors (Lipinski definition) is 1. The summed E-state index contributed by atoms with van der Waals surface area (Å²) in [5.74, 6) is 0.837. The van der Waals surface area contributed by atoms with Crippen molar-refractivity contribution in [3.05, 3.63) is 30.3 Å². The van der Waals surface area contributed by atoms with Gasteiger partial charge in [-0.05, 0) is 37.3 Å².